The lowest BCUT2D eigenvalue weighted by atomic mass is 10.2. The van der Waals surface area contributed by atoms with Gasteiger partial charge in [0.05, 0.1) is 5.69 Å². The first-order valence-corrected chi connectivity index (χ1v) is 6.82. The van der Waals surface area contributed by atoms with Gasteiger partial charge in [0.25, 0.3) is 5.91 Å². The first-order chi connectivity index (χ1) is 9.11. The summed E-state index contributed by atoms with van der Waals surface area (Å²) in [5.41, 5.74) is 3.60. The van der Waals surface area contributed by atoms with Gasteiger partial charge in [0.2, 0.25) is 0 Å². The highest BCUT2D eigenvalue weighted by molar-refractivity contribution is 7.13. The van der Waals surface area contributed by atoms with Crippen LogP contribution in [0.4, 0.5) is 5.13 Å². The maximum absolute atomic E-state index is 12.1. The molecule has 3 rings (SSSR count). The van der Waals surface area contributed by atoms with E-state index in [0.717, 1.165) is 16.6 Å². The number of aryl methyl sites for hydroxylation is 2. The Labute approximate surface area is 114 Å². The SMILES string of the molecule is Cc1ccc2[nH]c(C(=O)Nc3nc(C)cs3)cc2c1. The van der Waals surface area contributed by atoms with E-state index in [1.54, 1.807) is 0 Å². The van der Waals surface area contributed by atoms with Gasteiger partial charge in [-0.25, -0.2) is 4.98 Å². The molecule has 0 spiro atoms. The van der Waals surface area contributed by atoms with Gasteiger partial charge in [-0.1, -0.05) is 11.6 Å². The Morgan fingerprint density at radius 3 is 2.89 bits per heavy atom. The number of aromatic amines is 1. The number of carbonyl (C=O) groups excluding carboxylic acids is 1. The molecule has 3 aromatic rings. The molecule has 0 saturated heterocycles. The van der Waals surface area contributed by atoms with Crippen molar-refractivity contribution in [3.8, 4) is 0 Å². The fourth-order valence-electron chi connectivity index (χ4n) is 1.95. The van der Waals surface area contributed by atoms with Gasteiger partial charge in [0, 0.05) is 16.3 Å². The van der Waals surface area contributed by atoms with Crippen LogP contribution in [-0.2, 0) is 0 Å². The van der Waals surface area contributed by atoms with Crippen LogP contribution in [-0.4, -0.2) is 15.9 Å². The van der Waals surface area contributed by atoms with Crippen LogP contribution >= 0.6 is 11.3 Å². The van der Waals surface area contributed by atoms with Crippen LogP contribution in [0.2, 0.25) is 0 Å². The highest BCUT2D eigenvalue weighted by atomic mass is 32.1. The molecular formula is C14H13N3OS. The standard InChI is InChI=1S/C14H13N3OS/c1-8-3-4-11-10(5-8)6-12(16-11)13(18)17-14-15-9(2)7-19-14/h3-7,16H,1-2H3,(H,15,17,18). The molecule has 0 aliphatic heterocycles. The van der Waals surface area contributed by atoms with E-state index >= 15 is 0 Å². The molecule has 0 fully saturated rings. The maximum Gasteiger partial charge on any atom is 0.273 e. The molecule has 0 aliphatic carbocycles. The molecule has 0 unspecified atom stereocenters. The number of nitrogens with one attached hydrogen (secondary N) is 2. The molecule has 0 atom stereocenters. The van der Waals surface area contributed by atoms with Crippen molar-refractivity contribution in [3.05, 3.63) is 46.6 Å². The summed E-state index contributed by atoms with van der Waals surface area (Å²) in [5.74, 6) is -0.164. The molecular weight excluding hydrogens is 258 g/mol. The third-order valence-corrected chi connectivity index (χ3v) is 3.74. The second kappa shape index (κ2) is 4.51. The molecule has 2 aromatic heterocycles. The molecule has 0 radical (unpaired) electrons. The molecule has 2 N–H and O–H groups in total. The van der Waals surface area contributed by atoms with Crippen molar-refractivity contribution in [3.63, 3.8) is 0 Å². The van der Waals surface area contributed by atoms with Gasteiger partial charge in [-0.05, 0) is 32.0 Å². The van der Waals surface area contributed by atoms with Crippen LogP contribution < -0.4 is 5.32 Å². The van der Waals surface area contributed by atoms with E-state index in [2.05, 4.69) is 21.4 Å². The molecule has 0 aliphatic rings. The highest BCUT2D eigenvalue weighted by Gasteiger charge is 2.11. The molecule has 0 bridgehead atoms. The minimum atomic E-state index is -0.164. The van der Waals surface area contributed by atoms with E-state index in [1.165, 1.54) is 16.9 Å². The average Bonchev–Trinajstić information content (AvgIpc) is 2.95. The van der Waals surface area contributed by atoms with Crippen LogP contribution in [0, 0.1) is 13.8 Å². The van der Waals surface area contributed by atoms with Gasteiger partial charge in [-0.15, -0.1) is 11.3 Å². The number of hydrogen-bond acceptors (Lipinski definition) is 3. The predicted octanol–water partition coefficient (Wildman–Crippen LogP) is 3.49. The Morgan fingerprint density at radius 1 is 1.32 bits per heavy atom. The quantitative estimate of drug-likeness (QED) is 0.749. The Balaban J connectivity index is 1.89. The lowest BCUT2D eigenvalue weighted by Crippen LogP contribution is -2.11. The van der Waals surface area contributed by atoms with Crippen molar-refractivity contribution in [2.24, 2.45) is 0 Å². The van der Waals surface area contributed by atoms with Crippen LogP contribution in [0.5, 0.6) is 0 Å². The van der Waals surface area contributed by atoms with Gasteiger partial charge >= 0.3 is 0 Å². The van der Waals surface area contributed by atoms with Crippen molar-refractivity contribution in [2.75, 3.05) is 5.32 Å². The molecule has 4 nitrogen and oxygen atoms in total. The molecule has 19 heavy (non-hydrogen) atoms. The van der Waals surface area contributed by atoms with Crippen molar-refractivity contribution in [1.82, 2.24) is 9.97 Å². The fourth-order valence-corrected chi connectivity index (χ4v) is 2.63. The zero-order valence-corrected chi connectivity index (χ0v) is 11.5. The summed E-state index contributed by atoms with van der Waals surface area (Å²) in [6.07, 6.45) is 0. The number of aromatic nitrogens is 2. The van der Waals surface area contributed by atoms with Gasteiger partial charge in [0.1, 0.15) is 5.69 Å². The zero-order valence-electron chi connectivity index (χ0n) is 10.7. The third-order valence-electron chi connectivity index (χ3n) is 2.86. The minimum absolute atomic E-state index is 0.164. The number of H-pyrrole nitrogens is 1. The van der Waals surface area contributed by atoms with Crippen LogP contribution in [0.15, 0.2) is 29.6 Å². The number of fused-ring (bicyclic) bond motifs is 1. The predicted molar refractivity (Wildman–Crippen MR) is 77.8 cm³/mol. The van der Waals surface area contributed by atoms with E-state index in [9.17, 15) is 4.79 Å². The third kappa shape index (κ3) is 2.37. The number of nitrogens with zero attached hydrogens (tertiary/aromatic N) is 1. The van der Waals surface area contributed by atoms with Gasteiger partial charge in [-0.2, -0.15) is 0 Å². The van der Waals surface area contributed by atoms with E-state index in [-0.39, 0.29) is 5.91 Å². The summed E-state index contributed by atoms with van der Waals surface area (Å²) < 4.78 is 0. The van der Waals surface area contributed by atoms with Crippen molar-refractivity contribution >= 4 is 33.3 Å². The molecule has 1 aromatic carbocycles. The second-order valence-corrected chi connectivity index (χ2v) is 5.38. The molecule has 1 amide bonds. The second-order valence-electron chi connectivity index (χ2n) is 4.52. The lowest BCUT2D eigenvalue weighted by molar-refractivity contribution is 0.102. The smallest absolute Gasteiger partial charge is 0.273 e. The minimum Gasteiger partial charge on any atom is -0.351 e. The number of anilines is 1. The first kappa shape index (κ1) is 11.9. The van der Waals surface area contributed by atoms with Gasteiger partial charge in [-0.3, -0.25) is 10.1 Å². The molecule has 5 heteroatoms. The van der Waals surface area contributed by atoms with Crippen molar-refractivity contribution in [2.45, 2.75) is 13.8 Å². The summed E-state index contributed by atoms with van der Waals surface area (Å²) >= 11 is 1.42. The topological polar surface area (TPSA) is 57.8 Å². The van der Waals surface area contributed by atoms with Crippen LogP contribution in [0.25, 0.3) is 10.9 Å². The fraction of sp³-hybridized carbons (Fsp3) is 0.143. The van der Waals surface area contributed by atoms with E-state index in [4.69, 9.17) is 0 Å². The maximum atomic E-state index is 12.1. The number of carbonyl (C=O) groups is 1. The molecule has 2 heterocycles. The summed E-state index contributed by atoms with van der Waals surface area (Å²) in [6, 6.07) is 7.91. The Hall–Kier alpha value is -2.14. The van der Waals surface area contributed by atoms with Crippen LogP contribution in [0.1, 0.15) is 21.7 Å². The van der Waals surface area contributed by atoms with E-state index < -0.39 is 0 Å². The number of rotatable bonds is 2. The lowest BCUT2D eigenvalue weighted by Gasteiger charge is -1.97. The summed E-state index contributed by atoms with van der Waals surface area (Å²) in [5, 5.41) is 6.36. The van der Waals surface area contributed by atoms with Crippen LogP contribution in [0.3, 0.4) is 0 Å². The molecule has 0 saturated carbocycles. The average molecular weight is 271 g/mol. The van der Waals surface area contributed by atoms with Gasteiger partial charge in [0.15, 0.2) is 5.13 Å². The Morgan fingerprint density at radius 2 is 2.16 bits per heavy atom. The molecule has 96 valence electrons. The Bertz CT molecular complexity index is 757. The van der Waals surface area contributed by atoms with Gasteiger partial charge < -0.3 is 4.98 Å². The first-order valence-electron chi connectivity index (χ1n) is 5.95. The normalized spacial score (nSPS) is 10.8. The number of thiazole rings is 1. The summed E-state index contributed by atoms with van der Waals surface area (Å²) in [4.78, 5) is 19.4. The summed E-state index contributed by atoms with van der Waals surface area (Å²) in [7, 11) is 0. The zero-order chi connectivity index (χ0) is 13.4. The van der Waals surface area contributed by atoms with E-state index in [0.29, 0.717) is 10.8 Å². The number of benzene rings is 1. The highest BCUT2D eigenvalue weighted by Crippen LogP contribution is 2.19. The number of amides is 1. The largest absolute Gasteiger partial charge is 0.351 e. The van der Waals surface area contributed by atoms with Crippen molar-refractivity contribution < 1.29 is 4.79 Å². The summed E-state index contributed by atoms with van der Waals surface area (Å²) in [6.45, 7) is 3.93. The van der Waals surface area contributed by atoms with E-state index in [1.807, 2.05) is 37.4 Å². The Kier molecular flexibility index (Phi) is 2.83. The van der Waals surface area contributed by atoms with Crippen molar-refractivity contribution in [1.29, 1.82) is 0 Å². The monoisotopic (exact) mass is 271 g/mol. The number of hydrogen-bond donors (Lipinski definition) is 2.